The molecule has 0 bridgehead atoms. The SMILES string of the molecule is CCN1C=NN(C)C1C(Cl)(Cl)C(Cl)(Cl)Cl. The van der Waals surface area contributed by atoms with Gasteiger partial charge in [0.15, 0.2) is 6.17 Å². The van der Waals surface area contributed by atoms with Crippen molar-refractivity contribution in [3.63, 3.8) is 0 Å². The molecule has 1 aliphatic heterocycles. The molecule has 0 amide bonds. The number of hydrazone groups is 1. The van der Waals surface area contributed by atoms with Crippen LogP contribution in [0.2, 0.25) is 0 Å². The van der Waals surface area contributed by atoms with E-state index in [9.17, 15) is 0 Å². The molecular formula is C7H10Cl5N3. The van der Waals surface area contributed by atoms with Gasteiger partial charge in [0.25, 0.3) is 0 Å². The second kappa shape index (κ2) is 4.53. The van der Waals surface area contributed by atoms with Gasteiger partial charge in [-0.2, -0.15) is 5.10 Å². The van der Waals surface area contributed by atoms with E-state index >= 15 is 0 Å². The molecule has 0 aromatic carbocycles. The second-order valence-corrected chi connectivity index (χ2v) is 6.80. The fraction of sp³-hybridized carbons (Fsp3) is 0.857. The summed E-state index contributed by atoms with van der Waals surface area (Å²) in [5.74, 6) is 0. The summed E-state index contributed by atoms with van der Waals surface area (Å²) in [6.07, 6.45) is 1.11. The molecule has 1 aliphatic rings. The first kappa shape index (κ1) is 13.8. The highest BCUT2D eigenvalue weighted by molar-refractivity contribution is 6.75. The van der Waals surface area contributed by atoms with E-state index in [0.29, 0.717) is 6.54 Å². The van der Waals surface area contributed by atoms with Crippen LogP contribution < -0.4 is 0 Å². The first-order valence-electron chi connectivity index (χ1n) is 4.19. The molecule has 1 unspecified atom stereocenters. The van der Waals surface area contributed by atoms with Crippen LogP contribution in [0, 0.1) is 0 Å². The second-order valence-electron chi connectivity index (χ2n) is 3.13. The third kappa shape index (κ3) is 2.52. The maximum Gasteiger partial charge on any atom is 0.227 e. The molecular weight excluding hydrogens is 303 g/mol. The van der Waals surface area contributed by atoms with E-state index < -0.39 is 14.3 Å². The largest absolute Gasteiger partial charge is 0.337 e. The number of alkyl halides is 5. The van der Waals surface area contributed by atoms with Crippen LogP contribution in [0.3, 0.4) is 0 Å². The van der Waals surface area contributed by atoms with Gasteiger partial charge in [-0.15, -0.1) is 0 Å². The Kier molecular flexibility index (Phi) is 4.17. The zero-order chi connectivity index (χ0) is 11.9. The van der Waals surface area contributed by atoms with Crippen molar-refractivity contribution in [3.8, 4) is 0 Å². The van der Waals surface area contributed by atoms with E-state index in [4.69, 9.17) is 58.0 Å². The molecule has 15 heavy (non-hydrogen) atoms. The zero-order valence-corrected chi connectivity index (χ0v) is 11.9. The minimum atomic E-state index is -1.80. The predicted molar refractivity (Wildman–Crippen MR) is 67.2 cm³/mol. The van der Waals surface area contributed by atoms with Crippen molar-refractivity contribution in [1.29, 1.82) is 0 Å². The monoisotopic (exact) mass is 311 g/mol. The van der Waals surface area contributed by atoms with Crippen molar-refractivity contribution in [2.45, 2.75) is 21.2 Å². The molecule has 0 fully saturated rings. The number of nitrogens with zero attached hydrogens (tertiary/aromatic N) is 3. The van der Waals surface area contributed by atoms with Crippen molar-refractivity contribution >= 4 is 64.3 Å². The smallest absolute Gasteiger partial charge is 0.227 e. The van der Waals surface area contributed by atoms with Crippen LogP contribution in [0.15, 0.2) is 5.10 Å². The Morgan fingerprint density at radius 3 is 2.20 bits per heavy atom. The normalized spacial score (nSPS) is 22.7. The van der Waals surface area contributed by atoms with Gasteiger partial charge in [-0.05, 0) is 6.92 Å². The molecule has 0 aromatic rings. The summed E-state index contributed by atoms with van der Waals surface area (Å²) in [6, 6.07) is 0. The van der Waals surface area contributed by atoms with Gasteiger partial charge < -0.3 is 4.90 Å². The Labute approximate surface area is 114 Å². The van der Waals surface area contributed by atoms with Crippen LogP contribution in [0.4, 0.5) is 0 Å². The number of rotatable bonds is 2. The van der Waals surface area contributed by atoms with Crippen LogP contribution in [0.1, 0.15) is 6.92 Å². The lowest BCUT2D eigenvalue weighted by Crippen LogP contribution is -2.55. The summed E-state index contributed by atoms with van der Waals surface area (Å²) in [5.41, 5.74) is 0. The summed E-state index contributed by atoms with van der Waals surface area (Å²) in [7, 11) is 1.72. The molecule has 0 N–H and O–H groups in total. The third-order valence-electron chi connectivity index (χ3n) is 2.12. The maximum atomic E-state index is 6.09. The Hall–Kier alpha value is 0.720. The minimum absolute atomic E-state index is 0.502. The Bertz CT molecular complexity index is 262. The molecule has 0 saturated heterocycles. The van der Waals surface area contributed by atoms with Gasteiger partial charge in [-0.1, -0.05) is 58.0 Å². The van der Waals surface area contributed by atoms with Crippen molar-refractivity contribution in [2.24, 2.45) is 5.10 Å². The van der Waals surface area contributed by atoms with E-state index in [1.54, 1.807) is 23.3 Å². The van der Waals surface area contributed by atoms with E-state index in [-0.39, 0.29) is 0 Å². The van der Waals surface area contributed by atoms with Crippen molar-refractivity contribution in [1.82, 2.24) is 9.91 Å². The third-order valence-corrected chi connectivity index (χ3v) is 4.55. The standard InChI is InChI=1S/C7H10Cl5N3/c1-3-15-4-13-14(2)5(15)6(8,9)7(10,11)12/h4-5H,3H2,1-2H3. The predicted octanol–water partition coefficient (Wildman–Crippen LogP) is 3.07. The lowest BCUT2D eigenvalue weighted by Gasteiger charge is -2.40. The highest BCUT2D eigenvalue weighted by Gasteiger charge is 2.56. The first-order valence-corrected chi connectivity index (χ1v) is 6.08. The first-order chi connectivity index (χ1) is 6.71. The molecule has 0 saturated carbocycles. The summed E-state index contributed by atoms with van der Waals surface area (Å²) in [6.45, 7) is 2.60. The molecule has 1 heterocycles. The van der Waals surface area contributed by atoms with E-state index in [1.165, 1.54) is 0 Å². The molecule has 1 rings (SSSR count). The van der Waals surface area contributed by atoms with Gasteiger partial charge in [0, 0.05) is 13.6 Å². The Morgan fingerprint density at radius 2 is 1.80 bits per heavy atom. The van der Waals surface area contributed by atoms with E-state index in [0.717, 1.165) is 0 Å². The van der Waals surface area contributed by atoms with Gasteiger partial charge >= 0.3 is 0 Å². The van der Waals surface area contributed by atoms with Crippen molar-refractivity contribution in [2.75, 3.05) is 13.6 Å². The molecule has 0 spiro atoms. The van der Waals surface area contributed by atoms with Crippen LogP contribution in [0.5, 0.6) is 0 Å². The van der Waals surface area contributed by atoms with Crippen LogP contribution >= 0.6 is 58.0 Å². The minimum Gasteiger partial charge on any atom is -0.337 e. The Balaban J connectivity index is 2.96. The average molecular weight is 313 g/mol. The van der Waals surface area contributed by atoms with E-state index in [2.05, 4.69) is 5.10 Å². The van der Waals surface area contributed by atoms with Crippen LogP contribution in [0.25, 0.3) is 0 Å². The van der Waals surface area contributed by atoms with Gasteiger partial charge in [-0.25, -0.2) is 0 Å². The summed E-state index contributed by atoms with van der Waals surface area (Å²) in [4.78, 5) is 1.79. The molecule has 0 radical (unpaired) electrons. The Morgan fingerprint density at radius 1 is 1.27 bits per heavy atom. The molecule has 0 aliphatic carbocycles. The van der Waals surface area contributed by atoms with Gasteiger partial charge in [-0.3, -0.25) is 5.01 Å². The highest BCUT2D eigenvalue weighted by atomic mass is 35.6. The highest BCUT2D eigenvalue weighted by Crippen LogP contribution is 2.50. The van der Waals surface area contributed by atoms with E-state index in [1.807, 2.05) is 6.92 Å². The fourth-order valence-corrected chi connectivity index (χ4v) is 2.16. The zero-order valence-electron chi connectivity index (χ0n) is 8.09. The van der Waals surface area contributed by atoms with Gasteiger partial charge in [0.05, 0.1) is 0 Å². The molecule has 88 valence electrons. The lowest BCUT2D eigenvalue weighted by molar-refractivity contribution is 0.147. The molecule has 8 heteroatoms. The average Bonchev–Trinajstić information content (AvgIpc) is 2.44. The summed E-state index contributed by atoms with van der Waals surface area (Å²) >= 11 is 29.4. The van der Waals surface area contributed by atoms with Crippen molar-refractivity contribution in [3.05, 3.63) is 0 Å². The summed E-state index contributed by atoms with van der Waals surface area (Å²) in [5, 5.41) is 5.60. The van der Waals surface area contributed by atoms with Crippen molar-refractivity contribution < 1.29 is 0 Å². The van der Waals surface area contributed by atoms with Gasteiger partial charge in [0.2, 0.25) is 8.13 Å². The van der Waals surface area contributed by atoms with Crippen LogP contribution in [-0.4, -0.2) is 44.1 Å². The quantitative estimate of drug-likeness (QED) is 0.730. The molecule has 0 aromatic heterocycles. The van der Waals surface area contributed by atoms with Gasteiger partial charge in [0.1, 0.15) is 6.34 Å². The lowest BCUT2D eigenvalue weighted by atomic mass is 10.3. The number of hydrogen-bond acceptors (Lipinski definition) is 3. The summed E-state index contributed by atoms with van der Waals surface area (Å²) < 4.78 is -3.37. The fourth-order valence-electron chi connectivity index (χ4n) is 1.33. The topological polar surface area (TPSA) is 18.8 Å². The molecule has 1 atom stereocenters. The maximum absolute atomic E-state index is 6.09. The number of halogens is 5. The number of hydrogen-bond donors (Lipinski definition) is 0. The van der Waals surface area contributed by atoms with Crippen LogP contribution in [-0.2, 0) is 0 Å². The molecule has 3 nitrogen and oxygen atoms in total.